The minimum Gasteiger partial charge on any atom is -0.550 e. The number of halogens is 1. The standard InChI is InChI=1S/C23H27ClO7/c1-3-30-16-7-4-13(5-8-16)10-15-11-14(6-9-17(15)24)22-20(27)18(25)19(26)21(31-22)12(2)23(28)29/h4-9,11-12,18-22,25-27H,3,10H2,1-2H3,(H,28,29)/p-1/t12?,18-,19+,20-,21-,22+/m1/s1. The second kappa shape index (κ2) is 9.97. The normalized spacial score (nSPS) is 27.0. The maximum absolute atomic E-state index is 11.3. The van der Waals surface area contributed by atoms with E-state index in [9.17, 15) is 25.2 Å². The number of hydrogen-bond donors (Lipinski definition) is 3. The fraction of sp³-hybridized carbons (Fsp3) is 0.435. The molecule has 1 heterocycles. The highest BCUT2D eigenvalue weighted by atomic mass is 35.5. The Kier molecular flexibility index (Phi) is 7.56. The first kappa shape index (κ1) is 23.5. The third-order valence-corrected chi connectivity index (χ3v) is 5.91. The van der Waals surface area contributed by atoms with Crippen LogP contribution in [0.25, 0.3) is 0 Å². The van der Waals surface area contributed by atoms with Crippen molar-refractivity contribution in [3.05, 3.63) is 64.2 Å². The average molecular weight is 450 g/mol. The lowest BCUT2D eigenvalue weighted by Crippen LogP contribution is -2.58. The van der Waals surface area contributed by atoms with E-state index < -0.39 is 42.4 Å². The van der Waals surface area contributed by atoms with Gasteiger partial charge >= 0.3 is 0 Å². The lowest BCUT2D eigenvalue weighted by molar-refractivity contribution is -0.321. The quantitative estimate of drug-likeness (QED) is 0.581. The largest absolute Gasteiger partial charge is 0.550 e. The molecule has 8 heteroatoms. The number of carbonyl (C=O) groups is 1. The summed E-state index contributed by atoms with van der Waals surface area (Å²) in [5.74, 6) is -1.83. The summed E-state index contributed by atoms with van der Waals surface area (Å²) in [6.07, 6.45) is -6.35. The van der Waals surface area contributed by atoms with Gasteiger partial charge in [0.1, 0.15) is 30.2 Å². The topological polar surface area (TPSA) is 119 Å². The molecule has 1 fully saturated rings. The summed E-state index contributed by atoms with van der Waals surface area (Å²) in [6.45, 7) is 3.81. The van der Waals surface area contributed by atoms with Crippen molar-refractivity contribution in [2.75, 3.05) is 6.61 Å². The van der Waals surface area contributed by atoms with Gasteiger partial charge in [-0.25, -0.2) is 0 Å². The molecule has 31 heavy (non-hydrogen) atoms. The molecule has 0 aliphatic carbocycles. The summed E-state index contributed by atoms with van der Waals surface area (Å²) in [6, 6.07) is 12.6. The predicted octanol–water partition coefficient (Wildman–Crippen LogP) is 1.24. The van der Waals surface area contributed by atoms with Gasteiger partial charge in [-0.3, -0.25) is 0 Å². The van der Waals surface area contributed by atoms with Gasteiger partial charge in [0.15, 0.2) is 0 Å². The number of carbonyl (C=O) groups excluding carboxylic acids is 1. The number of carboxylic acids is 1. The number of aliphatic hydroxyl groups excluding tert-OH is 3. The molecular formula is C23H26ClO7-. The number of aliphatic carboxylic acids is 1. The Balaban J connectivity index is 1.85. The van der Waals surface area contributed by atoms with Crippen molar-refractivity contribution < 1.29 is 34.7 Å². The van der Waals surface area contributed by atoms with Crippen LogP contribution in [-0.2, 0) is 16.0 Å². The molecule has 0 aromatic heterocycles. The summed E-state index contributed by atoms with van der Waals surface area (Å²) in [7, 11) is 0. The number of aliphatic hydroxyl groups is 3. The molecule has 7 nitrogen and oxygen atoms in total. The van der Waals surface area contributed by atoms with E-state index >= 15 is 0 Å². The highest BCUT2D eigenvalue weighted by molar-refractivity contribution is 6.31. The molecule has 1 aliphatic rings. The molecule has 2 aromatic rings. The van der Waals surface area contributed by atoms with Gasteiger partial charge in [0.05, 0.1) is 12.7 Å². The Bertz CT molecular complexity index is 901. The predicted molar refractivity (Wildman–Crippen MR) is 112 cm³/mol. The minimum atomic E-state index is -1.57. The second-order valence-electron chi connectivity index (χ2n) is 7.71. The summed E-state index contributed by atoms with van der Waals surface area (Å²) < 4.78 is 11.2. The minimum absolute atomic E-state index is 0.506. The third-order valence-electron chi connectivity index (χ3n) is 5.54. The van der Waals surface area contributed by atoms with E-state index in [1.54, 1.807) is 18.2 Å². The maximum Gasteiger partial charge on any atom is 0.119 e. The summed E-state index contributed by atoms with van der Waals surface area (Å²) >= 11 is 6.37. The van der Waals surface area contributed by atoms with Crippen LogP contribution in [0.15, 0.2) is 42.5 Å². The van der Waals surface area contributed by atoms with Gasteiger partial charge in [-0.2, -0.15) is 0 Å². The lowest BCUT2D eigenvalue weighted by atomic mass is 9.86. The molecule has 0 bridgehead atoms. The first-order chi connectivity index (χ1) is 14.7. The van der Waals surface area contributed by atoms with Crippen molar-refractivity contribution in [3.8, 4) is 5.75 Å². The van der Waals surface area contributed by atoms with E-state index in [4.69, 9.17) is 21.1 Å². The van der Waals surface area contributed by atoms with Crippen LogP contribution >= 0.6 is 11.6 Å². The van der Waals surface area contributed by atoms with Crippen molar-refractivity contribution in [2.24, 2.45) is 5.92 Å². The van der Waals surface area contributed by atoms with Crippen LogP contribution in [0.1, 0.15) is 36.6 Å². The van der Waals surface area contributed by atoms with Crippen molar-refractivity contribution in [1.82, 2.24) is 0 Å². The molecule has 0 radical (unpaired) electrons. The van der Waals surface area contributed by atoms with Crippen molar-refractivity contribution in [2.45, 2.75) is 50.8 Å². The van der Waals surface area contributed by atoms with Crippen LogP contribution in [0.3, 0.4) is 0 Å². The van der Waals surface area contributed by atoms with Gasteiger partial charge in [0.25, 0.3) is 0 Å². The molecule has 6 atom stereocenters. The Morgan fingerprint density at radius 2 is 1.81 bits per heavy atom. The van der Waals surface area contributed by atoms with Crippen LogP contribution in [-0.4, -0.2) is 52.3 Å². The molecule has 1 unspecified atom stereocenters. The zero-order chi connectivity index (χ0) is 22.7. The SMILES string of the molecule is CCOc1ccc(Cc2cc([C@@H]3O[C@H](C(C)C(=O)[O-])[C@@H](O)[C@@H](O)[C@H]3O)ccc2Cl)cc1. The molecular weight excluding hydrogens is 424 g/mol. The third kappa shape index (κ3) is 5.19. The van der Waals surface area contributed by atoms with Gasteiger partial charge in [-0.15, -0.1) is 0 Å². The zero-order valence-electron chi connectivity index (χ0n) is 17.3. The molecule has 3 rings (SSSR count). The zero-order valence-corrected chi connectivity index (χ0v) is 18.0. The van der Waals surface area contributed by atoms with Gasteiger partial charge in [-0.05, 0) is 48.2 Å². The number of rotatable bonds is 7. The van der Waals surface area contributed by atoms with Gasteiger partial charge in [-0.1, -0.05) is 42.8 Å². The summed E-state index contributed by atoms with van der Waals surface area (Å²) in [4.78, 5) is 11.3. The van der Waals surface area contributed by atoms with Crippen LogP contribution in [0.4, 0.5) is 0 Å². The van der Waals surface area contributed by atoms with E-state index in [0.29, 0.717) is 23.6 Å². The van der Waals surface area contributed by atoms with Gasteiger partial charge < -0.3 is 34.7 Å². The van der Waals surface area contributed by atoms with Crippen LogP contribution < -0.4 is 9.84 Å². The maximum atomic E-state index is 11.3. The van der Waals surface area contributed by atoms with Crippen LogP contribution in [0.5, 0.6) is 5.75 Å². The highest BCUT2D eigenvalue weighted by Gasteiger charge is 2.46. The lowest BCUT2D eigenvalue weighted by Gasteiger charge is -2.43. The van der Waals surface area contributed by atoms with Crippen LogP contribution in [0.2, 0.25) is 5.02 Å². The van der Waals surface area contributed by atoms with Gasteiger partial charge in [0, 0.05) is 16.9 Å². The molecule has 168 valence electrons. The Hall–Kier alpha value is -2.16. The molecule has 0 spiro atoms. The number of hydrogen-bond acceptors (Lipinski definition) is 7. The molecule has 3 N–H and O–H groups in total. The Morgan fingerprint density at radius 3 is 2.42 bits per heavy atom. The molecule has 1 saturated heterocycles. The molecule has 0 saturated carbocycles. The van der Waals surface area contributed by atoms with E-state index in [-0.39, 0.29) is 0 Å². The monoisotopic (exact) mass is 449 g/mol. The first-order valence-corrected chi connectivity index (χ1v) is 10.5. The number of ether oxygens (including phenoxy) is 2. The number of benzene rings is 2. The van der Waals surface area contributed by atoms with Crippen molar-refractivity contribution in [1.29, 1.82) is 0 Å². The van der Waals surface area contributed by atoms with Crippen molar-refractivity contribution in [3.63, 3.8) is 0 Å². The first-order valence-electron chi connectivity index (χ1n) is 10.1. The fourth-order valence-corrected chi connectivity index (χ4v) is 3.91. The summed E-state index contributed by atoms with van der Waals surface area (Å²) in [5.41, 5.74) is 2.27. The van der Waals surface area contributed by atoms with E-state index in [2.05, 4.69) is 0 Å². The smallest absolute Gasteiger partial charge is 0.119 e. The van der Waals surface area contributed by atoms with E-state index in [0.717, 1.165) is 16.9 Å². The number of carboxylic acid groups (broad SMARTS) is 1. The van der Waals surface area contributed by atoms with Gasteiger partial charge in [0.2, 0.25) is 0 Å². The fourth-order valence-electron chi connectivity index (χ4n) is 3.73. The Labute approximate surface area is 185 Å². The molecule has 2 aromatic carbocycles. The van der Waals surface area contributed by atoms with E-state index in [1.807, 2.05) is 31.2 Å². The average Bonchev–Trinajstić information content (AvgIpc) is 2.75. The van der Waals surface area contributed by atoms with Crippen LogP contribution in [0, 0.1) is 5.92 Å². The molecule has 0 amide bonds. The van der Waals surface area contributed by atoms with Crippen molar-refractivity contribution >= 4 is 17.6 Å². The summed E-state index contributed by atoms with van der Waals surface area (Å²) in [5, 5.41) is 42.7. The Morgan fingerprint density at radius 1 is 1.13 bits per heavy atom. The second-order valence-corrected chi connectivity index (χ2v) is 8.11. The highest BCUT2D eigenvalue weighted by Crippen LogP contribution is 2.36. The van der Waals surface area contributed by atoms with E-state index in [1.165, 1.54) is 6.92 Å². The molecule has 1 aliphatic heterocycles.